The van der Waals surface area contributed by atoms with Crippen LogP contribution in [0.15, 0.2) is 48.5 Å². The third kappa shape index (κ3) is 7.43. The van der Waals surface area contributed by atoms with Gasteiger partial charge < -0.3 is 9.64 Å². The second-order valence-electron chi connectivity index (χ2n) is 6.61. The van der Waals surface area contributed by atoms with E-state index in [9.17, 15) is 9.59 Å². The number of ether oxygens (including phenoxy) is 1. The Labute approximate surface area is 166 Å². The molecule has 0 unspecified atom stereocenters. The second kappa shape index (κ2) is 10.7. The van der Waals surface area contributed by atoms with Gasteiger partial charge in [0.15, 0.2) is 5.78 Å². The fourth-order valence-electron chi connectivity index (χ4n) is 2.59. The number of benzene rings is 2. The molecule has 2 rings (SSSR count). The van der Waals surface area contributed by atoms with E-state index >= 15 is 0 Å². The number of unbranched alkanes of at least 4 members (excludes halogenated alkanes) is 1. The van der Waals surface area contributed by atoms with E-state index in [1.807, 2.05) is 43.3 Å². The van der Waals surface area contributed by atoms with Crippen molar-refractivity contribution in [3.8, 4) is 5.75 Å². The van der Waals surface area contributed by atoms with Crippen molar-refractivity contribution in [3.63, 3.8) is 0 Å². The maximum absolute atomic E-state index is 12.2. The lowest BCUT2D eigenvalue weighted by atomic mass is 10.0. The number of ketones is 1. The van der Waals surface area contributed by atoms with E-state index in [2.05, 4.69) is 0 Å². The van der Waals surface area contributed by atoms with Gasteiger partial charge in [0.2, 0.25) is 5.91 Å². The van der Waals surface area contributed by atoms with Crippen LogP contribution in [0.2, 0.25) is 5.02 Å². The van der Waals surface area contributed by atoms with E-state index in [1.54, 1.807) is 24.1 Å². The van der Waals surface area contributed by atoms with Gasteiger partial charge in [0, 0.05) is 37.0 Å². The van der Waals surface area contributed by atoms with E-state index in [4.69, 9.17) is 16.3 Å². The number of aryl methyl sites for hydroxylation is 1. The minimum Gasteiger partial charge on any atom is -0.494 e. The summed E-state index contributed by atoms with van der Waals surface area (Å²) in [7, 11) is 1.78. The van der Waals surface area contributed by atoms with Crippen molar-refractivity contribution in [2.75, 3.05) is 20.2 Å². The standard InChI is InChI=1S/C22H26ClNO3/c1-17-5-7-18(8-6-17)21(25)13-14-22(26)24(2)15-3-4-16-27-20-11-9-19(23)10-12-20/h5-12H,3-4,13-16H2,1-2H3. The Morgan fingerprint density at radius 1 is 0.963 bits per heavy atom. The summed E-state index contributed by atoms with van der Waals surface area (Å²) in [5.74, 6) is 0.792. The molecule has 0 atom stereocenters. The summed E-state index contributed by atoms with van der Waals surface area (Å²) in [5.41, 5.74) is 1.78. The third-order valence-electron chi connectivity index (χ3n) is 4.34. The topological polar surface area (TPSA) is 46.6 Å². The normalized spacial score (nSPS) is 10.5. The molecule has 4 nitrogen and oxygen atoms in total. The van der Waals surface area contributed by atoms with Crippen LogP contribution >= 0.6 is 11.6 Å². The average molecular weight is 388 g/mol. The summed E-state index contributed by atoms with van der Waals surface area (Å²) in [6.07, 6.45) is 2.18. The number of carbonyl (C=O) groups excluding carboxylic acids is 2. The average Bonchev–Trinajstić information content (AvgIpc) is 2.67. The predicted molar refractivity (Wildman–Crippen MR) is 109 cm³/mol. The van der Waals surface area contributed by atoms with Crippen molar-refractivity contribution in [1.29, 1.82) is 0 Å². The van der Waals surface area contributed by atoms with Crippen LogP contribution in [0.3, 0.4) is 0 Å². The summed E-state index contributed by atoms with van der Waals surface area (Å²) in [4.78, 5) is 26.0. The van der Waals surface area contributed by atoms with Gasteiger partial charge in [-0.2, -0.15) is 0 Å². The first-order valence-electron chi connectivity index (χ1n) is 9.18. The molecule has 0 aliphatic heterocycles. The molecule has 0 saturated heterocycles. The lowest BCUT2D eigenvalue weighted by Gasteiger charge is -2.17. The Morgan fingerprint density at radius 3 is 2.30 bits per heavy atom. The van der Waals surface area contributed by atoms with Crippen LogP contribution in [0.4, 0.5) is 0 Å². The Hall–Kier alpha value is -2.33. The smallest absolute Gasteiger partial charge is 0.222 e. The van der Waals surface area contributed by atoms with E-state index in [1.165, 1.54) is 0 Å². The molecule has 0 fully saturated rings. The van der Waals surface area contributed by atoms with Crippen LogP contribution in [-0.4, -0.2) is 36.8 Å². The molecular formula is C22H26ClNO3. The minimum absolute atomic E-state index is 0.00548. The zero-order chi connectivity index (χ0) is 19.6. The van der Waals surface area contributed by atoms with Crippen LogP contribution in [0.25, 0.3) is 0 Å². The molecule has 144 valence electrons. The molecule has 0 bridgehead atoms. The maximum atomic E-state index is 12.2. The molecule has 0 radical (unpaired) electrons. The third-order valence-corrected chi connectivity index (χ3v) is 4.59. The number of nitrogens with zero attached hydrogens (tertiary/aromatic N) is 1. The number of Topliss-reactive ketones (excluding diaryl/α,β-unsaturated/α-hetero) is 1. The molecule has 0 aliphatic rings. The van der Waals surface area contributed by atoms with Crippen LogP contribution < -0.4 is 4.74 Å². The molecule has 2 aromatic rings. The first-order chi connectivity index (χ1) is 13.0. The van der Waals surface area contributed by atoms with Crippen molar-refractivity contribution in [2.45, 2.75) is 32.6 Å². The van der Waals surface area contributed by atoms with Crippen LogP contribution in [0.5, 0.6) is 5.75 Å². The maximum Gasteiger partial charge on any atom is 0.222 e. The molecule has 0 spiro atoms. The SMILES string of the molecule is Cc1ccc(C(=O)CCC(=O)N(C)CCCCOc2ccc(Cl)cc2)cc1. The van der Waals surface area contributed by atoms with Gasteiger partial charge in [-0.1, -0.05) is 41.4 Å². The zero-order valence-electron chi connectivity index (χ0n) is 15.9. The molecule has 0 heterocycles. The number of hydrogen-bond acceptors (Lipinski definition) is 3. The molecule has 0 saturated carbocycles. The molecule has 5 heteroatoms. The summed E-state index contributed by atoms with van der Waals surface area (Å²) in [5, 5.41) is 0.684. The fraction of sp³-hybridized carbons (Fsp3) is 0.364. The quantitative estimate of drug-likeness (QED) is 0.429. The molecule has 27 heavy (non-hydrogen) atoms. The number of carbonyl (C=O) groups is 2. The van der Waals surface area contributed by atoms with E-state index in [0.717, 1.165) is 24.2 Å². The highest BCUT2D eigenvalue weighted by molar-refractivity contribution is 6.30. The number of halogens is 1. The summed E-state index contributed by atoms with van der Waals surface area (Å²) < 4.78 is 5.63. The molecule has 2 aromatic carbocycles. The van der Waals surface area contributed by atoms with Gasteiger partial charge in [0.1, 0.15) is 5.75 Å². The van der Waals surface area contributed by atoms with E-state index in [0.29, 0.717) is 23.7 Å². The summed E-state index contributed by atoms with van der Waals surface area (Å²) in [6, 6.07) is 14.7. The molecule has 0 N–H and O–H groups in total. The highest BCUT2D eigenvalue weighted by Crippen LogP contribution is 2.15. The predicted octanol–water partition coefficient (Wildman–Crippen LogP) is 4.93. The Morgan fingerprint density at radius 2 is 1.63 bits per heavy atom. The highest BCUT2D eigenvalue weighted by Gasteiger charge is 2.12. The van der Waals surface area contributed by atoms with Gasteiger partial charge >= 0.3 is 0 Å². The van der Waals surface area contributed by atoms with Crippen molar-refractivity contribution in [1.82, 2.24) is 4.90 Å². The van der Waals surface area contributed by atoms with Crippen molar-refractivity contribution in [3.05, 3.63) is 64.7 Å². The van der Waals surface area contributed by atoms with Gasteiger partial charge in [-0.15, -0.1) is 0 Å². The molecule has 0 aromatic heterocycles. The number of rotatable bonds is 10. The van der Waals surface area contributed by atoms with Crippen LogP contribution in [0, 0.1) is 6.92 Å². The van der Waals surface area contributed by atoms with Crippen molar-refractivity contribution >= 4 is 23.3 Å². The van der Waals surface area contributed by atoms with Gasteiger partial charge in [0.25, 0.3) is 0 Å². The van der Waals surface area contributed by atoms with Crippen molar-refractivity contribution < 1.29 is 14.3 Å². The Balaban J connectivity index is 1.61. The minimum atomic E-state index is -0.00548. The molecular weight excluding hydrogens is 362 g/mol. The summed E-state index contributed by atoms with van der Waals surface area (Å²) in [6.45, 7) is 3.23. The van der Waals surface area contributed by atoms with E-state index in [-0.39, 0.29) is 24.5 Å². The Bertz CT molecular complexity index is 741. The number of hydrogen-bond donors (Lipinski definition) is 0. The highest BCUT2D eigenvalue weighted by atomic mass is 35.5. The zero-order valence-corrected chi connectivity index (χ0v) is 16.7. The van der Waals surface area contributed by atoms with Gasteiger partial charge in [-0.25, -0.2) is 0 Å². The van der Waals surface area contributed by atoms with Gasteiger partial charge in [-0.3, -0.25) is 9.59 Å². The van der Waals surface area contributed by atoms with Crippen LogP contribution in [-0.2, 0) is 4.79 Å². The lowest BCUT2D eigenvalue weighted by Crippen LogP contribution is -2.28. The molecule has 0 aliphatic carbocycles. The Kier molecular flexibility index (Phi) is 8.34. The van der Waals surface area contributed by atoms with E-state index < -0.39 is 0 Å². The molecule has 1 amide bonds. The fourth-order valence-corrected chi connectivity index (χ4v) is 2.72. The number of amides is 1. The van der Waals surface area contributed by atoms with Gasteiger partial charge in [0.05, 0.1) is 6.61 Å². The largest absolute Gasteiger partial charge is 0.494 e. The first-order valence-corrected chi connectivity index (χ1v) is 9.55. The van der Waals surface area contributed by atoms with Crippen molar-refractivity contribution in [2.24, 2.45) is 0 Å². The van der Waals surface area contributed by atoms with Gasteiger partial charge in [-0.05, 0) is 44.0 Å². The second-order valence-corrected chi connectivity index (χ2v) is 7.05. The van der Waals surface area contributed by atoms with Crippen LogP contribution in [0.1, 0.15) is 41.6 Å². The first kappa shape index (κ1) is 21.0. The lowest BCUT2D eigenvalue weighted by molar-refractivity contribution is -0.129. The summed E-state index contributed by atoms with van der Waals surface area (Å²) >= 11 is 5.83. The monoisotopic (exact) mass is 387 g/mol.